The predicted molar refractivity (Wildman–Crippen MR) is 104 cm³/mol. The number of hydrogen-bond acceptors (Lipinski definition) is 5. The highest BCUT2D eigenvalue weighted by Crippen LogP contribution is 2.42. The zero-order valence-corrected chi connectivity index (χ0v) is 14.9. The van der Waals surface area contributed by atoms with Crippen LogP contribution in [-0.2, 0) is 0 Å². The zero-order valence-electron chi connectivity index (χ0n) is 13.4. The molecule has 26 heavy (non-hydrogen) atoms. The lowest BCUT2D eigenvalue weighted by Gasteiger charge is -2.20. The van der Waals surface area contributed by atoms with Gasteiger partial charge in [-0.1, -0.05) is 29.8 Å². The Morgan fingerprint density at radius 3 is 2.54 bits per heavy atom. The number of fused-ring (bicyclic) bond motifs is 1. The largest absolute Gasteiger partial charge is 0.453 e. The van der Waals surface area contributed by atoms with Crippen molar-refractivity contribution >= 4 is 40.9 Å². The van der Waals surface area contributed by atoms with Crippen molar-refractivity contribution in [1.82, 2.24) is 4.72 Å². The first-order valence-electron chi connectivity index (χ1n) is 7.78. The van der Waals surface area contributed by atoms with Gasteiger partial charge in [0.2, 0.25) is 5.96 Å². The Morgan fingerprint density at radius 2 is 1.73 bits per heavy atom. The number of halogens is 2. The van der Waals surface area contributed by atoms with E-state index < -0.39 is 0 Å². The maximum atomic E-state index is 13.0. The summed E-state index contributed by atoms with van der Waals surface area (Å²) in [4.78, 5) is 5.53. The van der Waals surface area contributed by atoms with Crippen LogP contribution < -0.4 is 14.8 Å². The van der Waals surface area contributed by atoms with E-state index in [0.717, 1.165) is 10.6 Å². The normalized spacial score (nSPS) is 12.6. The number of nitrogens with one attached hydrogen (secondary N) is 2. The molecule has 0 atom stereocenters. The van der Waals surface area contributed by atoms with Crippen LogP contribution in [0.4, 0.5) is 15.8 Å². The highest BCUT2D eigenvalue weighted by molar-refractivity contribution is 7.98. The van der Waals surface area contributed by atoms with Gasteiger partial charge >= 0.3 is 0 Å². The van der Waals surface area contributed by atoms with E-state index in [0.29, 0.717) is 28.2 Å². The van der Waals surface area contributed by atoms with Crippen molar-refractivity contribution in [1.29, 1.82) is 0 Å². The molecule has 0 aromatic heterocycles. The van der Waals surface area contributed by atoms with Crippen molar-refractivity contribution in [3.63, 3.8) is 0 Å². The molecule has 0 unspecified atom stereocenters. The fourth-order valence-corrected chi connectivity index (χ4v) is 3.25. The molecule has 1 aliphatic rings. The molecule has 0 radical (unpaired) electrons. The SMILES string of the molecule is Fc1ccc(NC2=Nc3c(Oc4ccccc4Cl)cccc3SN2)cc1. The van der Waals surface area contributed by atoms with Crippen LogP contribution in [-0.4, -0.2) is 5.96 Å². The van der Waals surface area contributed by atoms with Crippen molar-refractivity contribution in [3.8, 4) is 11.5 Å². The fraction of sp³-hybridized carbons (Fsp3) is 0. The number of hydrogen-bond donors (Lipinski definition) is 2. The molecular weight excluding hydrogens is 373 g/mol. The molecule has 4 rings (SSSR count). The van der Waals surface area contributed by atoms with Crippen molar-refractivity contribution in [3.05, 3.63) is 77.6 Å². The molecule has 2 N–H and O–H groups in total. The van der Waals surface area contributed by atoms with Crippen molar-refractivity contribution in [2.75, 3.05) is 5.32 Å². The molecule has 4 nitrogen and oxygen atoms in total. The van der Waals surface area contributed by atoms with Gasteiger partial charge < -0.3 is 10.1 Å². The van der Waals surface area contributed by atoms with Crippen LogP contribution in [0.15, 0.2) is 76.6 Å². The summed E-state index contributed by atoms with van der Waals surface area (Å²) >= 11 is 7.60. The number of aliphatic imine (C=N–C) groups is 1. The molecule has 0 saturated carbocycles. The Morgan fingerprint density at radius 1 is 0.962 bits per heavy atom. The minimum absolute atomic E-state index is 0.288. The molecule has 0 fully saturated rings. The molecule has 7 heteroatoms. The van der Waals surface area contributed by atoms with Crippen LogP contribution in [0.1, 0.15) is 0 Å². The van der Waals surface area contributed by atoms with Crippen LogP contribution >= 0.6 is 23.5 Å². The summed E-state index contributed by atoms with van der Waals surface area (Å²) < 4.78 is 22.1. The Bertz CT molecular complexity index is 979. The first kappa shape index (κ1) is 16.8. The van der Waals surface area contributed by atoms with Crippen LogP contribution in [0.25, 0.3) is 0 Å². The summed E-state index contributed by atoms with van der Waals surface area (Å²) in [7, 11) is 0. The van der Waals surface area contributed by atoms with E-state index in [4.69, 9.17) is 16.3 Å². The quantitative estimate of drug-likeness (QED) is 0.544. The third-order valence-electron chi connectivity index (χ3n) is 3.61. The van der Waals surface area contributed by atoms with Gasteiger partial charge in [-0.25, -0.2) is 9.38 Å². The van der Waals surface area contributed by atoms with E-state index in [2.05, 4.69) is 15.0 Å². The van der Waals surface area contributed by atoms with Gasteiger partial charge in [0.1, 0.15) is 17.3 Å². The Kier molecular flexibility index (Phi) is 4.69. The summed E-state index contributed by atoms with van der Waals surface area (Å²) in [5, 5.41) is 3.65. The summed E-state index contributed by atoms with van der Waals surface area (Å²) in [5.41, 5.74) is 1.42. The van der Waals surface area contributed by atoms with Gasteiger partial charge in [0.25, 0.3) is 0 Å². The third-order valence-corrected chi connectivity index (χ3v) is 4.76. The van der Waals surface area contributed by atoms with Crippen LogP contribution in [0.2, 0.25) is 5.02 Å². The molecule has 0 amide bonds. The molecule has 1 heterocycles. The number of nitrogens with zero attached hydrogens (tertiary/aromatic N) is 1. The lowest BCUT2D eigenvalue weighted by molar-refractivity contribution is 0.483. The average Bonchev–Trinajstić information content (AvgIpc) is 2.66. The molecule has 0 spiro atoms. The fourth-order valence-electron chi connectivity index (χ4n) is 2.38. The second-order valence-electron chi connectivity index (χ2n) is 5.43. The van der Waals surface area contributed by atoms with Crippen LogP contribution in [0.3, 0.4) is 0 Å². The van der Waals surface area contributed by atoms with E-state index in [9.17, 15) is 4.39 Å². The number of anilines is 1. The van der Waals surface area contributed by atoms with Gasteiger partial charge in [-0.3, -0.25) is 4.72 Å². The summed E-state index contributed by atoms with van der Waals surface area (Å²) in [5.74, 6) is 1.41. The first-order valence-corrected chi connectivity index (χ1v) is 8.98. The molecule has 130 valence electrons. The van der Waals surface area contributed by atoms with Gasteiger partial charge in [0.15, 0.2) is 5.75 Å². The molecule has 0 saturated heterocycles. The van der Waals surface area contributed by atoms with E-state index in [-0.39, 0.29) is 5.82 Å². The average molecular weight is 386 g/mol. The van der Waals surface area contributed by atoms with Crippen molar-refractivity contribution in [2.45, 2.75) is 4.90 Å². The van der Waals surface area contributed by atoms with Gasteiger partial charge in [-0.15, -0.1) is 0 Å². The predicted octanol–water partition coefficient (Wildman–Crippen LogP) is 5.98. The second-order valence-corrected chi connectivity index (χ2v) is 6.69. The monoisotopic (exact) mass is 385 g/mol. The maximum Gasteiger partial charge on any atom is 0.211 e. The van der Waals surface area contributed by atoms with Crippen LogP contribution in [0, 0.1) is 5.82 Å². The number of para-hydroxylation sites is 2. The minimum Gasteiger partial charge on any atom is -0.453 e. The van der Waals surface area contributed by atoms with Crippen LogP contribution in [0.5, 0.6) is 11.5 Å². The van der Waals surface area contributed by atoms with Crippen molar-refractivity contribution < 1.29 is 9.13 Å². The first-order chi connectivity index (χ1) is 12.7. The lowest BCUT2D eigenvalue weighted by Crippen LogP contribution is -2.26. The molecule has 0 aliphatic carbocycles. The summed E-state index contributed by atoms with van der Waals surface area (Å²) in [6.45, 7) is 0. The number of guanidine groups is 1. The highest BCUT2D eigenvalue weighted by atomic mass is 35.5. The third kappa shape index (κ3) is 3.61. The second kappa shape index (κ2) is 7.27. The molecular formula is C19H13ClFN3OS. The minimum atomic E-state index is -0.288. The molecule has 3 aromatic rings. The Hall–Kier alpha value is -2.70. The Balaban J connectivity index is 1.64. The smallest absolute Gasteiger partial charge is 0.211 e. The van der Waals surface area contributed by atoms with Crippen molar-refractivity contribution in [2.24, 2.45) is 4.99 Å². The van der Waals surface area contributed by atoms with Gasteiger partial charge in [-0.05, 0) is 60.5 Å². The maximum absolute atomic E-state index is 13.0. The van der Waals surface area contributed by atoms with Gasteiger partial charge in [0.05, 0.1) is 9.92 Å². The highest BCUT2D eigenvalue weighted by Gasteiger charge is 2.18. The van der Waals surface area contributed by atoms with E-state index in [1.807, 2.05) is 30.3 Å². The number of ether oxygens (including phenoxy) is 1. The molecule has 3 aromatic carbocycles. The number of benzene rings is 3. The van der Waals surface area contributed by atoms with Gasteiger partial charge in [-0.2, -0.15) is 0 Å². The molecule has 0 bridgehead atoms. The van der Waals surface area contributed by atoms with E-state index >= 15 is 0 Å². The van der Waals surface area contributed by atoms with Gasteiger partial charge in [0, 0.05) is 5.69 Å². The lowest BCUT2D eigenvalue weighted by atomic mass is 10.3. The van der Waals surface area contributed by atoms with E-state index in [1.54, 1.807) is 24.3 Å². The van der Waals surface area contributed by atoms with E-state index in [1.165, 1.54) is 24.1 Å². The summed E-state index contributed by atoms with van der Waals surface area (Å²) in [6, 6.07) is 19.0. The zero-order chi connectivity index (χ0) is 17.9. The summed E-state index contributed by atoms with van der Waals surface area (Å²) in [6.07, 6.45) is 0. The number of rotatable bonds is 3. The molecule has 1 aliphatic heterocycles. The Labute approximate surface area is 159 Å². The standard InChI is InChI=1S/C19H13ClFN3OS/c20-14-4-1-2-5-15(14)25-16-6-3-7-17-18(16)23-19(24-26-17)22-13-10-8-12(21)9-11-13/h1-11H,(H2,22,23,24). The topological polar surface area (TPSA) is 45.7 Å².